The monoisotopic (exact) mass is 478 g/mol. The van der Waals surface area contributed by atoms with Crippen molar-refractivity contribution in [2.75, 3.05) is 0 Å². The van der Waals surface area contributed by atoms with Crippen LogP contribution < -0.4 is 5.30 Å². The lowest BCUT2D eigenvalue weighted by Crippen LogP contribution is -2.38. The molecule has 0 bridgehead atoms. The molecule has 0 aromatic heterocycles. The first-order chi connectivity index (χ1) is 13.6. The maximum absolute atomic E-state index is 14.6. The van der Waals surface area contributed by atoms with Crippen molar-refractivity contribution in [3.8, 4) is 0 Å². The van der Waals surface area contributed by atoms with Crippen LogP contribution >= 0.6 is 23.3 Å². The van der Waals surface area contributed by atoms with Gasteiger partial charge in [-0.05, 0) is 67.3 Å². The molecule has 0 radical (unpaired) electrons. The summed E-state index contributed by atoms with van der Waals surface area (Å²) in [5.74, 6) is 1.30. The maximum Gasteiger partial charge on any atom is 0.267 e. The summed E-state index contributed by atoms with van der Waals surface area (Å²) in [6.45, 7) is 8.27. The molecule has 1 fully saturated rings. The maximum atomic E-state index is 14.6. The van der Waals surface area contributed by atoms with E-state index in [1.54, 1.807) is 6.92 Å². The topological polar surface area (TPSA) is 46.5 Å². The van der Waals surface area contributed by atoms with Crippen molar-refractivity contribution in [3.05, 3.63) is 64.6 Å². The van der Waals surface area contributed by atoms with Crippen LogP contribution in [0.2, 0.25) is 0 Å². The third-order valence-corrected chi connectivity index (χ3v) is 9.78. The van der Waals surface area contributed by atoms with E-state index in [-0.39, 0.29) is 6.10 Å². The van der Waals surface area contributed by atoms with Gasteiger partial charge in [-0.15, -0.1) is 0 Å². The molecular formula is C24H32BrO3P. The van der Waals surface area contributed by atoms with Crippen LogP contribution in [0.1, 0.15) is 52.5 Å². The summed E-state index contributed by atoms with van der Waals surface area (Å²) in [5, 5.41) is 10.6. The predicted octanol–water partition coefficient (Wildman–Crippen LogP) is 6.70. The average molecular weight is 479 g/mol. The van der Waals surface area contributed by atoms with Crippen LogP contribution in [0, 0.1) is 17.8 Å². The predicted molar refractivity (Wildman–Crippen MR) is 124 cm³/mol. The van der Waals surface area contributed by atoms with Gasteiger partial charge in [-0.3, -0.25) is 4.57 Å². The van der Waals surface area contributed by atoms with Crippen LogP contribution in [0.4, 0.5) is 0 Å². The fourth-order valence-corrected chi connectivity index (χ4v) is 7.17. The van der Waals surface area contributed by atoms with Crippen molar-refractivity contribution in [1.82, 2.24) is 0 Å². The lowest BCUT2D eigenvalue weighted by atomic mass is 9.75. The van der Waals surface area contributed by atoms with Crippen molar-refractivity contribution < 1.29 is 14.2 Å². The Morgan fingerprint density at radius 1 is 1.10 bits per heavy atom. The second-order valence-corrected chi connectivity index (χ2v) is 12.5. The molecule has 5 heteroatoms. The van der Waals surface area contributed by atoms with Gasteiger partial charge >= 0.3 is 0 Å². The first-order valence-electron chi connectivity index (χ1n) is 10.5. The van der Waals surface area contributed by atoms with Gasteiger partial charge in [-0.2, -0.15) is 0 Å². The minimum Gasteiger partial charge on any atom is -0.375 e. The molecular weight excluding hydrogens is 447 g/mol. The van der Waals surface area contributed by atoms with Crippen molar-refractivity contribution in [2.45, 2.75) is 58.4 Å². The molecule has 0 heterocycles. The highest BCUT2D eigenvalue weighted by Gasteiger charge is 2.50. The average Bonchev–Trinajstić information content (AvgIpc) is 2.68. The summed E-state index contributed by atoms with van der Waals surface area (Å²) in [6, 6.07) is 16.6. The van der Waals surface area contributed by atoms with Crippen LogP contribution in [0.5, 0.6) is 0 Å². The normalized spacial score (nSPS) is 26.7. The van der Waals surface area contributed by atoms with Gasteiger partial charge in [0.2, 0.25) is 0 Å². The minimum absolute atomic E-state index is 0.133. The van der Waals surface area contributed by atoms with Gasteiger partial charge in [-0.25, -0.2) is 0 Å². The summed E-state index contributed by atoms with van der Waals surface area (Å²) < 4.78 is 22.0. The molecule has 29 heavy (non-hydrogen) atoms. The zero-order chi connectivity index (χ0) is 21.2. The standard InChI is InChI=1S/C24H32BrO3P/c1-17(2)22-15-10-18(3)16-23(22)28-29(27,21-8-6-5-7-9-21)24(4,26)19-11-13-20(25)14-12-19/h5-9,11-14,17-18,22-23,26H,10,15-16H2,1-4H3/t18-,22+,23-,24-,29?/m1/s1. The van der Waals surface area contributed by atoms with Crippen LogP contribution in [-0.4, -0.2) is 11.2 Å². The molecule has 0 spiro atoms. The summed E-state index contributed by atoms with van der Waals surface area (Å²) >= 11 is 3.44. The van der Waals surface area contributed by atoms with Crippen LogP contribution in [0.3, 0.4) is 0 Å². The highest BCUT2D eigenvalue weighted by molar-refractivity contribution is 9.10. The Bertz CT molecular complexity index is 848. The fraction of sp³-hybridized carbons (Fsp3) is 0.500. The summed E-state index contributed by atoms with van der Waals surface area (Å²) in [6.07, 6.45) is 2.97. The number of rotatable bonds is 6. The van der Waals surface area contributed by atoms with Gasteiger partial charge < -0.3 is 9.63 Å². The molecule has 158 valence electrons. The molecule has 2 aromatic carbocycles. The van der Waals surface area contributed by atoms with E-state index in [0.717, 1.165) is 17.3 Å². The zero-order valence-electron chi connectivity index (χ0n) is 17.7. The summed E-state index contributed by atoms with van der Waals surface area (Å²) in [4.78, 5) is 0. The Morgan fingerprint density at radius 2 is 1.72 bits per heavy atom. The van der Waals surface area contributed by atoms with E-state index >= 15 is 0 Å². The molecule has 0 saturated heterocycles. The molecule has 1 aliphatic rings. The van der Waals surface area contributed by atoms with Gasteiger partial charge in [0.1, 0.15) is 0 Å². The Morgan fingerprint density at radius 3 is 2.31 bits per heavy atom. The Balaban J connectivity index is 2.07. The molecule has 1 saturated carbocycles. The number of hydrogen-bond acceptors (Lipinski definition) is 3. The van der Waals surface area contributed by atoms with Crippen molar-refractivity contribution in [3.63, 3.8) is 0 Å². The van der Waals surface area contributed by atoms with Gasteiger partial charge in [0.25, 0.3) is 7.37 Å². The molecule has 1 aliphatic carbocycles. The van der Waals surface area contributed by atoms with E-state index in [0.29, 0.717) is 28.6 Å². The van der Waals surface area contributed by atoms with Crippen molar-refractivity contribution in [1.29, 1.82) is 0 Å². The van der Waals surface area contributed by atoms with Crippen LogP contribution in [0.25, 0.3) is 0 Å². The Kier molecular flexibility index (Phi) is 7.10. The third-order valence-electron chi connectivity index (χ3n) is 6.31. The van der Waals surface area contributed by atoms with E-state index in [1.807, 2.05) is 54.6 Å². The van der Waals surface area contributed by atoms with Gasteiger partial charge in [-0.1, -0.05) is 73.5 Å². The van der Waals surface area contributed by atoms with E-state index in [9.17, 15) is 9.67 Å². The van der Waals surface area contributed by atoms with Gasteiger partial charge in [0.15, 0.2) is 5.34 Å². The number of hydrogen-bond donors (Lipinski definition) is 1. The largest absolute Gasteiger partial charge is 0.375 e. The van der Waals surface area contributed by atoms with Crippen LogP contribution in [-0.2, 0) is 14.4 Å². The first kappa shape index (κ1) is 22.7. The fourth-order valence-electron chi connectivity index (χ4n) is 4.40. The molecule has 0 amide bonds. The molecule has 3 nitrogen and oxygen atoms in total. The second kappa shape index (κ2) is 9.06. The van der Waals surface area contributed by atoms with Crippen molar-refractivity contribution in [2.24, 2.45) is 17.8 Å². The number of halogens is 1. The molecule has 5 atom stereocenters. The second-order valence-electron chi connectivity index (χ2n) is 8.88. The highest BCUT2D eigenvalue weighted by atomic mass is 79.9. The third kappa shape index (κ3) is 4.71. The number of aliphatic hydroxyl groups is 1. The summed E-state index contributed by atoms with van der Waals surface area (Å²) in [7, 11) is -3.64. The summed E-state index contributed by atoms with van der Waals surface area (Å²) in [5.41, 5.74) is 0.595. The molecule has 1 N–H and O–H groups in total. The Labute approximate surface area is 183 Å². The lowest BCUT2D eigenvalue weighted by Gasteiger charge is -2.42. The zero-order valence-corrected chi connectivity index (χ0v) is 20.2. The quantitative estimate of drug-likeness (QED) is 0.470. The first-order valence-corrected chi connectivity index (χ1v) is 12.9. The molecule has 1 unspecified atom stereocenters. The molecule has 2 aromatic rings. The van der Waals surface area contributed by atoms with E-state index < -0.39 is 12.7 Å². The minimum atomic E-state index is -3.64. The smallest absolute Gasteiger partial charge is 0.267 e. The SMILES string of the molecule is CC(C)[C@@H]1CC[C@@H](C)C[C@H]1OP(=O)(c1ccccc1)[C@@](C)(O)c1ccc(Br)cc1. The Hall–Kier alpha value is -0.930. The van der Waals surface area contributed by atoms with Gasteiger partial charge in [0, 0.05) is 9.78 Å². The highest BCUT2D eigenvalue weighted by Crippen LogP contribution is 2.63. The van der Waals surface area contributed by atoms with Gasteiger partial charge in [0.05, 0.1) is 6.10 Å². The van der Waals surface area contributed by atoms with Crippen molar-refractivity contribution >= 4 is 28.6 Å². The van der Waals surface area contributed by atoms with Crippen LogP contribution in [0.15, 0.2) is 59.1 Å². The molecule has 0 aliphatic heterocycles. The van der Waals surface area contributed by atoms with E-state index in [1.165, 1.54) is 6.42 Å². The van der Waals surface area contributed by atoms with E-state index in [2.05, 4.69) is 36.7 Å². The lowest BCUT2D eigenvalue weighted by molar-refractivity contribution is 0.0310. The molecule has 3 rings (SSSR count). The van der Waals surface area contributed by atoms with E-state index in [4.69, 9.17) is 4.52 Å². The number of benzene rings is 2.